The van der Waals surface area contributed by atoms with Crippen LogP contribution in [0.1, 0.15) is 0 Å². The fourth-order valence-corrected chi connectivity index (χ4v) is 0.676. The molecule has 1 rings (SSSR count). The molecule has 3 heteroatoms. The summed E-state index contributed by atoms with van der Waals surface area (Å²) in [5.41, 5.74) is 0. The molecule has 0 aliphatic carbocycles. The Hall–Kier alpha value is -0.0200. The molecule has 1 aliphatic heterocycles. The first kappa shape index (κ1) is 4.15. The van der Waals surface area contributed by atoms with E-state index < -0.39 is 0 Å². The van der Waals surface area contributed by atoms with Gasteiger partial charge in [-0.1, -0.05) is 12.8 Å². The van der Waals surface area contributed by atoms with Crippen LogP contribution in [0.15, 0.2) is 0 Å². The van der Waals surface area contributed by atoms with Crippen LogP contribution in [0.3, 0.4) is 0 Å². The van der Waals surface area contributed by atoms with Crippen molar-refractivity contribution >= 4 is 18.6 Å². The number of thiol groups is 1. The summed E-state index contributed by atoms with van der Waals surface area (Å²) >= 11 is 3.86. The Morgan fingerprint density at radius 1 is 1.67 bits per heavy atom. The highest BCUT2D eigenvalue weighted by Crippen LogP contribution is 2.02. The third-order valence-corrected chi connectivity index (χ3v) is 1.00. The van der Waals surface area contributed by atoms with Gasteiger partial charge >= 0.3 is 0 Å². The first-order valence-corrected chi connectivity index (χ1v) is 2.14. The number of hydrogen-bond acceptors (Lipinski definition) is 3. The van der Waals surface area contributed by atoms with Crippen LogP contribution in [-0.2, 0) is 4.79 Å². The van der Waals surface area contributed by atoms with Gasteiger partial charge < -0.3 is 0 Å². The van der Waals surface area contributed by atoms with Crippen molar-refractivity contribution in [3.63, 3.8) is 0 Å². The average Bonchev–Trinajstić information content (AvgIpc) is 1.33. The summed E-state index contributed by atoms with van der Waals surface area (Å²) in [5, 5.41) is 0. The zero-order valence-electron chi connectivity index (χ0n) is 3.22. The molecule has 1 aliphatic rings. The summed E-state index contributed by atoms with van der Waals surface area (Å²) in [4.78, 5) is 10.0. The number of carbonyl (C=O) groups is 1. The Kier molecular flexibility index (Phi) is 0.856. The number of ketones is 1. The molecule has 0 bridgehead atoms. The van der Waals surface area contributed by atoms with Gasteiger partial charge in [0.25, 0.3) is 0 Å². The van der Waals surface area contributed by atoms with Crippen molar-refractivity contribution in [1.29, 1.82) is 0 Å². The smallest absolute Gasteiger partial charge is 0.162 e. The number of hydrogen-bond donors (Lipinski definition) is 1. The molecular weight excluding hydrogens is 98.1 g/mol. The summed E-state index contributed by atoms with van der Waals surface area (Å²) in [5.74, 6) is 0.282. The molecule has 2 nitrogen and oxygen atoms in total. The SMILES string of the molecule is O=C1CN(S)C1. The van der Waals surface area contributed by atoms with Gasteiger partial charge in [-0.2, -0.15) is 0 Å². The van der Waals surface area contributed by atoms with E-state index in [0.717, 1.165) is 0 Å². The molecule has 1 heterocycles. The van der Waals surface area contributed by atoms with Crippen molar-refractivity contribution in [2.75, 3.05) is 13.1 Å². The Morgan fingerprint density at radius 2 is 2.17 bits per heavy atom. The quantitative estimate of drug-likeness (QED) is 0.425. The number of carbonyl (C=O) groups excluding carboxylic acids is 1. The predicted molar refractivity (Wildman–Crippen MR) is 25.6 cm³/mol. The Balaban J connectivity index is 2.28. The third-order valence-electron chi connectivity index (χ3n) is 0.718. The molecule has 0 spiro atoms. The minimum atomic E-state index is 0.282. The summed E-state index contributed by atoms with van der Waals surface area (Å²) in [6.07, 6.45) is 0. The van der Waals surface area contributed by atoms with Crippen molar-refractivity contribution < 1.29 is 4.79 Å². The van der Waals surface area contributed by atoms with E-state index in [2.05, 4.69) is 12.8 Å². The van der Waals surface area contributed by atoms with Crippen LogP contribution >= 0.6 is 12.8 Å². The molecule has 0 amide bonds. The van der Waals surface area contributed by atoms with Crippen molar-refractivity contribution in [3.05, 3.63) is 0 Å². The molecule has 0 atom stereocenters. The van der Waals surface area contributed by atoms with Gasteiger partial charge in [-0.25, -0.2) is 4.31 Å². The fraction of sp³-hybridized carbons (Fsp3) is 0.667. The number of nitrogens with zero attached hydrogens (tertiary/aromatic N) is 1. The second-order valence-corrected chi connectivity index (χ2v) is 1.93. The van der Waals surface area contributed by atoms with Gasteiger partial charge in [0, 0.05) is 0 Å². The molecule has 1 saturated heterocycles. The molecule has 34 valence electrons. The van der Waals surface area contributed by atoms with Crippen LogP contribution in [0.2, 0.25) is 0 Å². The molecule has 0 unspecified atom stereocenters. The first-order valence-electron chi connectivity index (χ1n) is 1.74. The van der Waals surface area contributed by atoms with Gasteiger partial charge in [0.05, 0.1) is 13.1 Å². The second kappa shape index (κ2) is 1.24. The molecule has 0 radical (unpaired) electrons. The van der Waals surface area contributed by atoms with E-state index in [1.807, 2.05) is 0 Å². The van der Waals surface area contributed by atoms with Crippen LogP contribution in [0, 0.1) is 0 Å². The number of rotatable bonds is 0. The van der Waals surface area contributed by atoms with Gasteiger partial charge in [-0.05, 0) is 0 Å². The van der Waals surface area contributed by atoms with E-state index in [-0.39, 0.29) is 5.78 Å². The van der Waals surface area contributed by atoms with E-state index in [4.69, 9.17) is 0 Å². The molecule has 1 fully saturated rings. The van der Waals surface area contributed by atoms with Gasteiger partial charge in [-0.15, -0.1) is 0 Å². The monoisotopic (exact) mass is 103 g/mol. The largest absolute Gasteiger partial charge is 0.297 e. The van der Waals surface area contributed by atoms with E-state index in [9.17, 15) is 4.79 Å². The highest BCUT2D eigenvalue weighted by atomic mass is 32.1. The van der Waals surface area contributed by atoms with Crippen molar-refractivity contribution in [3.8, 4) is 0 Å². The van der Waals surface area contributed by atoms with E-state index >= 15 is 0 Å². The number of Topliss-reactive ketones (excluding diaryl/α,β-unsaturated/α-hetero) is 1. The predicted octanol–water partition coefficient (Wildman–Crippen LogP) is -0.284. The molecule has 6 heavy (non-hydrogen) atoms. The molecule has 0 N–H and O–H groups in total. The molecule has 0 aromatic carbocycles. The lowest BCUT2D eigenvalue weighted by Gasteiger charge is -2.21. The normalized spacial score (nSPS) is 23.8. The molecule has 0 saturated carbocycles. The summed E-state index contributed by atoms with van der Waals surface area (Å²) in [6.45, 7) is 1.06. The Labute approximate surface area is 41.7 Å². The van der Waals surface area contributed by atoms with E-state index in [1.165, 1.54) is 0 Å². The lowest BCUT2D eigenvalue weighted by atomic mass is 10.3. The highest BCUT2D eigenvalue weighted by Gasteiger charge is 2.18. The maximum absolute atomic E-state index is 10.0. The van der Waals surface area contributed by atoms with Crippen molar-refractivity contribution in [2.45, 2.75) is 0 Å². The van der Waals surface area contributed by atoms with Crippen LogP contribution in [-0.4, -0.2) is 23.2 Å². The lowest BCUT2D eigenvalue weighted by molar-refractivity contribution is -0.124. The molecule has 0 aromatic heterocycles. The average molecular weight is 103 g/mol. The minimum absolute atomic E-state index is 0.282. The lowest BCUT2D eigenvalue weighted by Crippen LogP contribution is -2.40. The topological polar surface area (TPSA) is 20.3 Å². The fourth-order valence-electron chi connectivity index (χ4n) is 0.361. The summed E-state index contributed by atoms with van der Waals surface area (Å²) < 4.78 is 1.67. The summed E-state index contributed by atoms with van der Waals surface area (Å²) in [7, 11) is 0. The van der Waals surface area contributed by atoms with Crippen molar-refractivity contribution in [1.82, 2.24) is 4.31 Å². The van der Waals surface area contributed by atoms with E-state index in [1.54, 1.807) is 4.31 Å². The van der Waals surface area contributed by atoms with Crippen LogP contribution in [0.4, 0.5) is 0 Å². The molecular formula is C3H5NOS. The first-order chi connectivity index (χ1) is 2.79. The van der Waals surface area contributed by atoms with Gasteiger partial charge in [0.2, 0.25) is 0 Å². The van der Waals surface area contributed by atoms with Gasteiger partial charge in [0.15, 0.2) is 5.78 Å². The Bertz CT molecular complexity index is 74.9. The van der Waals surface area contributed by atoms with Crippen molar-refractivity contribution in [2.24, 2.45) is 0 Å². The zero-order chi connectivity index (χ0) is 4.57. The maximum Gasteiger partial charge on any atom is 0.162 e. The van der Waals surface area contributed by atoms with Gasteiger partial charge in [0.1, 0.15) is 0 Å². The minimum Gasteiger partial charge on any atom is -0.297 e. The highest BCUT2D eigenvalue weighted by molar-refractivity contribution is 7.77. The standard InChI is InChI=1S/C3H5NOS/c5-3-1-4(6)2-3/h6H,1-2H2. The van der Waals surface area contributed by atoms with Crippen LogP contribution in [0.25, 0.3) is 0 Å². The van der Waals surface area contributed by atoms with Crippen LogP contribution in [0.5, 0.6) is 0 Å². The Morgan fingerprint density at radius 3 is 2.17 bits per heavy atom. The second-order valence-electron chi connectivity index (χ2n) is 1.36. The van der Waals surface area contributed by atoms with E-state index in [0.29, 0.717) is 13.1 Å². The zero-order valence-corrected chi connectivity index (χ0v) is 4.11. The van der Waals surface area contributed by atoms with Gasteiger partial charge in [-0.3, -0.25) is 4.79 Å². The maximum atomic E-state index is 10.0. The third kappa shape index (κ3) is 0.555. The van der Waals surface area contributed by atoms with Crippen LogP contribution < -0.4 is 0 Å². The molecule has 0 aromatic rings. The summed E-state index contributed by atoms with van der Waals surface area (Å²) in [6, 6.07) is 0.